The predicted molar refractivity (Wildman–Crippen MR) is 175 cm³/mol. The molecule has 5 rings (SSSR count). The molecule has 0 aliphatic carbocycles. The van der Waals surface area contributed by atoms with E-state index in [1.54, 1.807) is 6.07 Å². The highest BCUT2D eigenvalue weighted by Gasteiger charge is 2.41. The molecule has 226 valence electrons. The lowest BCUT2D eigenvalue weighted by Crippen LogP contribution is -2.37. The number of unbranched alkanes of at least 4 members (excludes halogenated alkanes) is 1. The van der Waals surface area contributed by atoms with E-state index in [2.05, 4.69) is 64.3 Å². The summed E-state index contributed by atoms with van der Waals surface area (Å²) in [6.07, 6.45) is 4.78. The molecular weight excluding hydrogens is 636 g/mol. The van der Waals surface area contributed by atoms with Crippen LogP contribution in [-0.4, -0.2) is 50.7 Å². The Balaban J connectivity index is 0.000000305. The molecule has 0 saturated heterocycles. The predicted octanol–water partition coefficient (Wildman–Crippen LogP) is 8.02. The van der Waals surface area contributed by atoms with Gasteiger partial charge < -0.3 is 20.1 Å². The quantitative estimate of drug-likeness (QED) is 0.248. The second-order valence-corrected chi connectivity index (χ2v) is 14.6. The van der Waals surface area contributed by atoms with Crippen LogP contribution < -0.4 is 15.0 Å². The van der Waals surface area contributed by atoms with E-state index in [1.165, 1.54) is 28.8 Å². The summed E-state index contributed by atoms with van der Waals surface area (Å²) in [5.41, 5.74) is 2.40. The molecule has 7 nitrogen and oxygen atoms in total. The second-order valence-electron chi connectivity index (χ2n) is 10.7. The van der Waals surface area contributed by atoms with Crippen LogP contribution in [0.5, 0.6) is 5.75 Å². The first kappa shape index (κ1) is 32.2. The third-order valence-corrected chi connectivity index (χ3v) is 11.4. The van der Waals surface area contributed by atoms with Gasteiger partial charge >= 0.3 is 5.97 Å². The fourth-order valence-electron chi connectivity index (χ4n) is 5.33. The summed E-state index contributed by atoms with van der Waals surface area (Å²) < 4.78 is 33.1. The molecule has 3 aromatic rings. The number of nitrogens with zero attached hydrogens (tertiary/aromatic N) is 1. The number of nitrogens with one attached hydrogen (secondary N) is 1. The number of rotatable bonds is 8. The highest BCUT2D eigenvalue weighted by atomic mass is 79.9. The summed E-state index contributed by atoms with van der Waals surface area (Å²) in [5, 5.41) is 12.4. The molecule has 0 bridgehead atoms. The molecular formula is C32H39BrN2O5S2. The first-order valence-corrected chi connectivity index (χ1v) is 17.8. The van der Waals surface area contributed by atoms with E-state index in [4.69, 9.17) is 9.84 Å². The lowest BCUT2D eigenvalue weighted by molar-refractivity contribution is -0.139. The summed E-state index contributed by atoms with van der Waals surface area (Å²) in [6, 6.07) is 21.4. The fourth-order valence-corrected chi connectivity index (χ4v) is 8.93. The molecule has 0 saturated carbocycles. The van der Waals surface area contributed by atoms with Crippen molar-refractivity contribution >= 4 is 60.6 Å². The van der Waals surface area contributed by atoms with Gasteiger partial charge in [0.15, 0.2) is 16.4 Å². The molecule has 1 atom stereocenters. The van der Waals surface area contributed by atoms with E-state index in [1.807, 2.05) is 42.1 Å². The standard InChI is InChI=1S/C23H28BrNO5S.C9H11NS/c1-3-5-11-23(4-2)15-25(17-9-7-6-8-10-17)19-12-18(24)20(30-14-22(26)27)13-21(19)31(28,29)16-23;1-2-5-9-8(4-1)10-6-3-7-11-9/h6-10,12-13H,3-5,11,14-16H2,1-2H3,(H,26,27);1-2,4-5,10H,3,6-7H2. The van der Waals surface area contributed by atoms with E-state index >= 15 is 0 Å². The zero-order valence-electron chi connectivity index (χ0n) is 24.1. The van der Waals surface area contributed by atoms with Gasteiger partial charge in [-0.1, -0.05) is 57.0 Å². The van der Waals surface area contributed by atoms with Crippen LogP contribution in [0.3, 0.4) is 0 Å². The van der Waals surface area contributed by atoms with Crippen molar-refractivity contribution in [2.24, 2.45) is 5.41 Å². The number of fused-ring (bicyclic) bond motifs is 2. The zero-order valence-corrected chi connectivity index (χ0v) is 27.4. The molecule has 2 aliphatic heterocycles. The smallest absolute Gasteiger partial charge is 0.341 e. The number of hydrogen-bond donors (Lipinski definition) is 2. The molecule has 10 heteroatoms. The molecule has 0 amide bonds. The molecule has 2 aliphatic rings. The normalized spacial score (nSPS) is 19.1. The number of carbonyl (C=O) groups is 1. The maximum Gasteiger partial charge on any atom is 0.341 e. The Labute approximate surface area is 262 Å². The number of ether oxygens (including phenoxy) is 1. The summed E-state index contributed by atoms with van der Waals surface area (Å²) in [6.45, 7) is 5.32. The minimum absolute atomic E-state index is 0.0484. The lowest BCUT2D eigenvalue weighted by atomic mass is 9.81. The Bertz CT molecular complexity index is 1440. The Hall–Kier alpha value is -2.69. The van der Waals surface area contributed by atoms with Gasteiger partial charge in [-0.05, 0) is 71.3 Å². The highest BCUT2D eigenvalue weighted by molar-refractivity contribution is 9.10. The van der Waals surface area contributed by atoms with E-state index in [0.717, 1.165) is 37.9 Å². The Kier molecular flexibility index (Phi) is 11.3. The van der Waals surface area contributed by atoms with Gasteiger partial charge in [-0.25, -0.2) is 13.2 Å². The molecule has 42 heavy (non-hydrogen) atoms. The van der Waals surface area contributed by atoms with Crippen LogP contribution >= 0.6 is 27.7 Å². The summed E-state index contributed by atoms with van der Waals surface area (Å²) in [4.78, 5) is 14.6. The first-order chi connectivity index (χ1) is 20.2. The SMILES string of the molecule is CCCCC1(CC)CN(c2ccccc2)c2cc(Br)c(OCC(=O)O)cc2S(=O)(=O)C1.c1ccc2c(c1)NCCCS2. The Morgan fingerprint density at radius 1 is 1.12 bits per heavy atom. The number of carboxylic acid groups (broad SMARTS) is 1. The van der Waals surface area contributed by atoms with Crippen molar-refractivity contribution in [2.45, 2.75) is 55.7 Å². The Morgan fingerprint density at radius 3 is 2.57 bits per heavy atom. The summed E-state index contributed by atoms with van der Waals surface area (Å²) in [7, 11) is -3.64. The van der Waals surface area contributed by atoms with Crippen LogP contribution in [0.25, 0.3) is 0 Å². The van der Waals surface area contributed by atoms with Gasteiger partial charge in [0.2, 0.25) is 0 Å². The molecule has 1 unspecified atom stereocenters. The third-order valence-electron chi connectivity index (χ3n) is 7.64. The number of anilines is 3. The van der Waals surface area contributed by atoms with Gasteiger partial charge in [-0.3, -0.25) is 0 Å². The molecule has 3 aromatic carbocycles. The minimum atomic E-state index is -3.64. The van der Waals surface area contributed by atoms with Crippen LogP contribution in [0.1, 0.15) is 46.0 Å². The topological polar surface area (TPSA) is 95.9 Å². The number of thioether (sulfide) groups is 1. The van der Waals surface area contributed by atoms with E-state index in [9.17, 15) is 13.2 Å². The van der Waals surface area contributed by atoms with Crippen LogP contribution in [0.4, 0.5) is 17.1 Å². The van der Waals surface area contributed by atoms with Crippen molar-refractivity contribution in [1.29, 1.82) is 0 Å². The van der Waals surface area contributed by atoms with Crippen LogP contribution in [0.2, 0.25) is 0 Å². The van der Waals surface area contributed by atoms with Gasteiger partial charge in [0.25, 0.3) is 0 Å². The minimum Gasteiger partial charge on any atom is -0.481 e. The van der Waals surface area contributed by atoms with E-state index in [-0.39, 0.29) is 16.4 Å². The number of halogens is 1. The number of para-hydroxylation sites is 2. The highest BCUT2D eigenvalue weighted by Crippen LogP contribution is 2.46. The van der Waals surface area contributed by atoms with Gasteiger partial charge in [0, 0.05) is 40.8 Å². The molecule has 0 aromatic heterocycles. The maximum absolute atomic E-state index is 13.6. The maximum atomic E-state index is 13.6. The van der Waals surface area contributed by atoms with Gasteiger partial charge in [-0.15, -0.1) is 11.8 Å². The molecule has 2 N–H and O–H groups in total. The largest absolute Gasteiger partial charge is 0.481 e. The van der Waals surface area contributed by atoms with Gasteiger partial charge in [0.1, 0.15) is 5.75 Å². The van der Waals surface area contributed by atoms with Crippen LogP contribution in [0, 0.1) is 5.41 Å². The van der Waals surface area contributed by atoms with E-state index < -0.39 is 27.8 Å². The number of aliphatic carboxylic acids is 1. The Morgan fingerprint density at radius 2 is 1.86 bits per heavy atom. The van der Waals surface area contributed by atoms with Crippen molar-refractivity contribution in [3.05, 3.63) is 71.2 Å². The zero-order chi connectivity index (χ0) is 30.2. The van der Waals surface area contributed by atoms with Gasteiger partial charge in [0.05, 0.1) is 20.8 Å². The lowest BCUT2D eigenvalue weighted by Gasteiger charge is -2.36. The molecule has 0 fully saturated rings. The number of benzene rings is 3. The van der Waals surface area contributed by atoms with Crippen molar-refractivity contribution in [3.63, 3.8) is 0 Å². The second kappa shape index (κ2) is 14.7. The number of carboxylic acids is 1. The first-order valence-electron chi connectivity index (χ1n) is 14.4. The van der Waals surface area contributed by atoms with Crippen molar-refractivity contribution < 1.29 is 23.1 Å². The van der Waals surface area contributed by atoms with Crippen molar-refractivity contribution in [2.75, 3.05) is 41.4 Å². The summed E-state index contributed by atoms with van der Waals surface area (Å²) >= 11 is 5.38. The average Bonchev–Trinajstić information content (AvgIpc) is 3.28. The van der Waals surface area contributed by atoms with Gasteiger partial charge in [-0.2, -0.15) is 0 Å². The van der Waals surface area contributed by atoms with Crippen molar-refractivity contribution in [3.8, 4) is 5.75 Å². The monoisotopic (exact) mass is 674 g/mol. The third kappa shape index (κ3) is 8.02. The molecule has 0 spiro atoms. The number of sulfone groups is 1. The fraction of sp³-hybridized carbons (Fsp3) is 0.406. The van der Waals surface area contributed by atoms with Crippen molar-refractivity contribution in [1.82, 2.24) is 0 Å². The van der Waals surface area contributed by atoms with Crippen LogP contribution in [0.15, 0.2) is 81.0 Å². The summed E-state index contributed by atoms with van der Waals surface area (Å²) in [5.74, 6) is 0.368. The van der Waals surface area contributed by atoms with Crippen LogP contribution in [-0.2, 0) is 14.6 Å². The van der Waals surface area contributed by atoms with E-state index in [0.29, 0.717) is 16.7 Å². The molecule has 2 heterocycles. The number of hydrogen-bond acceptors (Lipinski definition) is 7. The average molecular weight is 676 g/mol. The molecule has 0 radical (unpaired) electrons.